The highest BCUT2D eigenvalue weighted by Crippen LogP contribution is 2.32. The van der Waals surface area contributed by atoms with Crippen molar-refractivity contribution < 1.29 is 14.3 Å². The molecule has 110 valence electrons. The van der Waals surface area contributed by atoms with Gasteiger partial charge in [0, 0.05) is 11.3 Å². The van der Waals surface area contributed by atoms with Crippen molar-refractivity contribution in [3.8, 4) is 11.3 Å². The molecule has 2 N–H and O–H groups in total. The van der Waals surface area contributed by atoms with Crippen LogP contribution in [-0.2, 0) is 0 Å². The van der Waals surface area contributed by atoms with Crippen LogP contribution in [0.2, 0.25) is 0 Å². The van der Waals surface area contributed by atoms with Crippen LogP contribution in [0.4, 0.5) is 15.2 Å². The SMILES string of the molecule is O=C(O)c1sc(Nc2ccc(F)cc2)nc1-c1ccccc1. The molecule has 0 spiro atoms. The fourth-order valence-electron chi connectivity index (χ4n) is 1.97. The van der Waals surface area contributed by atoms with Gasteiger partial charge >= 0.3 is 5.97 Å². The van der Waals surface area contributed by atoms with Crippen LogP contribution in [0.5, 0.6) is 0 Å². The summed E-state index contributed by atoms with van der Waals surface area (Å²) in [5.41, 5.74) is 1.80. The summed E-state index contributed by atoms with van der Waals surface area (Å²) in [7, 11) is 0. The van der Waals surface area contributed by atoms with Gasteiger partial charge in [0.2, 0.25) is 0 Å². The van der Waals surface area contributed by atoms with Crippen LogP contribution < -0.4 is 5.32 Å². The Bertz CT molecular complexity index is 801. The quantitative estimate of drug-likeness (QED) is 0.749. The van der Waals surface area contributed by atoms with Crippen molar-refractivity contribution in [2.24, 2.45) is 0 Å². The monoisotopic (exact) mass is 314 g/mol. The molecule has 0 aliphatic carbocycles. The number of aromatic nitrogens is 1. The minimum Gasteiger partial charge on any atom is -0.477 e. The molecule has 0 saturated heterocycles. The summed E-state index contributed by atoms with van der Waals surface area (Å²) < 4.78 is 12.9. The van der Waals surface area contributed by atoms with Gasteiger partial charge in [0.25, 0.3) is 0 Å². The molecule has 1 heterocycles. The number of carboxylic acids is 1. The standard InChI is InChI=1S/C16H11FN2O2S/c17-11-6-8-12(9-7-11)18-16-19-13(14(22-16)15(20)21)10-4-2-1-3-5-10/h1-9H,(H,18,19)(H,20,21). The lowest BCUT2D eigenvalue weighted by Crippen LogP contribution is -1.95. The molecule has 0 amide bonds. The summed E-state index contributed by atoms with van der Waals surface area (Å²) in [6.07, 6.45) is 0. The highest BCUT2D eigenvalue weighted by atomic mass is 32.1. The van der Waals surface area contributed by atoms with E-state index in [0.717, 1.165) is 16.9 Å². The average Bonchev–Trinajstić information content (AvgIpc) is 2.95. The van der Waals surface area contributed by atoms with Crippen LogP contribution >= 0.6 is 11.3 Å². The number of benzene rings is 2. The maximum Gasteiger partial charge on any atom is 0.348 e. The number of halogens is 1. The predicted molar refractivity (Wildman–Crippen MR) is 84.2 cm³/mol. The topological polar surface area (TPSA) is 62.2 Å². The van der Waals surface area contributed by atoms with E-state index >= 15 is 0 Å². The molecule has 6 heteroatoms. The van der Waals surface area contributed by atoms with Crippen molar-refractivity contribution in [1.82, 2.24) is 4.98 Å². The van der Waals surface area contributed by atoms with Gasteiger partial charge in [0.1, 0.15) is 10.7 Å². The molecule has 3 aromatic rings. The third-order valence-electron chi connectivity index (χ3n) is 2.96. The second-order valence-corrected chi connectivity index (χ2v) is 5.50. The maximum atomic E-state index is 12.9. The zero-order valence-electron chi connectivity index (χ0n) is 11.3. The van der Waals surface area contributed by atoms with Gasteiger partial charge < -0.3 is 10.4 Å². The molecular weight excluding hydrogens is 303 g/mol. The largest absolute Gasteiger partial charge is 0.477 e. The summed E-state index contributed by atoms with van der Waals surface area (Å²) in [5, 5.41) is 12.8. The van der Waals surface area contributed by atoms with Gasteiger partial charge in [-0.1, -0.05) is 41.7 Å². The summed E-state index contributed by atoms with van der Waals surface area (Å²) in [4.78, 5) is 15.9. The van der Waals surface area contributed by atoms with Crippen LogP contribution in [0.1, 0.15) is 9.67 Å². The first-order chi connectivity index (χ1) is 10.6. The third-order valence-corrected chi connectivity index (χ3v) is 3.92. The number of rotatable bonds is 4. The Morgan fingerprint density at radius 3 is 2.41 bits per heavy atom. The van der Waals surface area contributed by atoms with E-state index in [-0.39, 0.29) is 10.7 Å². The summed E-state index contributed by atoms with van der Waals surface area (Å²) in [6.45, 7) is 0. The zero-order chi connectivity index (χ0) is 15.5. The van der Waals surface area contributed by atoms with Crippen molar-refractivity contribution in [3.63, 3.8) is 0 Å². The van der Waals surface area contributed by atoms with Gasteiger partial charge in [-0.25, -0.2) is 14.2 Å². The van der Waals surface area contributed by atoms with Crippen LogP contribution in [0, 0.1) is 5.82 Å². The van der Waals surface area contributed by atoms with E-state index in [1.807, 2.05) is 30.3 Å². The summed E-state index contributed by atoms with van der Waals surface area (Å²) in [5.74, 6) is -1.36. The summed E-state index contributed by atoms with van der Waals surface area (Å²) >= 11 is 1.05. The fraction of sp³-hybridized carbons (Fsp3) is 0. The van der Waals surface area contributed by atoms with E-state index in [1.54, 1.807) is 12.1 Å². The number of carbonyl (C=O) groups is 1. The number of nitrogens with zero attached hydrogens (tertiary/aromatic N) is 1. The first-order valence-electron chi connectivity index (χ1n) is 6.45. The third kappa shape index (κ3) is 2.96. The number of hydrogen-bond donors (Lipinski definition) is 2. The first-order valence-corrected chi connectivity index (χ1v) is 7.27. The molecule has 2 aromatic carbocycles. The highest BCUT2D eigenvalue weighted by molar-refractivity contribution is 7.18. The molecule has 3 rings (SSSR count). The number of aromatic carboxylic acids is 1. The smallest absolute Gasteiger partial charge is 0.348 e. The molecule has 0 aliphatic heterocycles. The molecule has 0 unspecified atom stereocenters. The highest BCUT2D eigenvalue weighted by Gasteiger charge is 2.18. The van der Waals surface area contributed by atoms with Gasteiger partial charge in [0.15, 0.2) is 5.13 Å². The predicted octanol–water partition coefficient (Wildman–Crippen LogP) is 4.39. The van der Waals surface area contributed by atoms with Gasteiger partial charge in [-0.05, 0) is 24.3 Å². The van der Waals surface area contributed by atoms with E-state index in [9.17, 15) is 14.3 Å². The molecule has 0 fully saturated rings. The normalized spacial score (nSPS) is 10.4. The molecule has 4 nitrogen and oxygen atoms in total. The first kappa shape index (κ1) is 14.2. The van der Waals surface area contributed by atoms with Gasteiger partial charge in [-0.3, -0.25) is 0 Å². The molecule has 0 saturated carbocycles. The van der Waals surface area contributed by atoms with Crippen molar-refractivity contribution in [1.29, 1.82) is 0 Å². The van der Waals surface area contributed by atoms with Gasteiger partial charge in [0.05, 0.1) is 5.69 Å². The Hall–Kier alpha value is -2.73. The zero-order valence-corrected chi connectivity index (χ0v) is 12.1. The van der Waals surface area contributed by atoms with E-state index in [1.165, 1.54) is 12.1 Å². The molecule has 22 heavy (non-hydrogen) atoms. The number of thiazole rings is 1. The second-order valence-electron chi connectivity index (χ2n) is 4.50. The van der Waals surface area contributed by atoms with Crippen molar-refractivity contribution in [3.05, 3.63) is 65.3 Å². The van der Waals surface area contributed by atoms with E-state index in [4.69, 9.17) is 0 Å². The second kappa shape index (κ2) is 5.95. The molecule has 0 bridgehead atoms. The van der Waals surface area contributed by atoms with E-state index < -0.39 is 5.97 Å². The Morgan fingerprint density at radius 2 is 1.77 bits per heavy atom. The average molecular weight is 314 g/mol. The van der Waals surface area contributed by atoms with Crippen molar-refractivity contribution in [2.45, 2.75) is 0 Å². The van der Waals surface area contributed by atoms with E-state index in [0.29, 0.717) is 16.5 Å². The van der Waals surface area contributed by atoms with Gasteiger partial charge in [-0.2, -0.15) is 0 Å². The Morgan fingerprint density at radius 1 is 1.09 bits per heavy atom. The lowest BCUT2D eigenvalue weighted by Gasteiger charge is -2.01. The lowest BCUT2D eigenvalue weighted by atomic mass is 10.1. The van der Waals surface area contributed by atoms with Crippen LogP contribution in [0.25, 0.3) is 11.3 Å². The minimum atomic E-state index is -1.02. The van der Waals surface area contributed by atoms with Crippen LogP contribution in [-0.4, -0.2) is 16.1 Å². The Balaban J connectivity index is 1.97. The molecule has 1 aromatic heterocycles. The maximum absolute atomic E-state index is 12.9. The molecular formula is C16H11FN2O2S. The molecule has 0 atom stereocenters. The fourth-order valence-corrected chi connectivity index (χ4v) is 2.81. The van der Waals surface area contributed by atoms with Crippen LogP contribution in [0.3, 0.4) is 0 Å². The summed E-state index contributed by atoms with van der Waals surface area (Å²) in [6, 6.07) is 14.9. The lowest BCUT2D eigenvalue weighted by molar-refractivity contribution is 0.0702. The molecule has 0 aliphatic rings. The number of nitrogens with one attached hydrogen (secondary N) is 1. The van der Waals surface area contributed by atoms with E-state index in [2.05, 4.69) is 10.3 Å². The number of anilines is 2. The Labute approximate surface area is 129 Å². The number of carboxylic acid groups (broad SMARTS) is 1. The molecule has 0 radical (unpaired) electrons. The van der Waals surface area contributed by atoms with Crippen molar-refractivity contribution >= 4 is 28.1 Å². The Kier molecular flexibility index (Phi) is 3.84. The van der Waals surface area contributed by atoms with Crippen molar-refractivity contribution in [2.75, 3.05) is 5.32 Å². The van der Waals surface area contributed by atoms with Crippen LogP contribution in [0.15, 0.2) is 54.6 Å². The number of hydrogen-bond acceptors (Lipinski definition) is 4. The van der Waals surface area contributed by atoms with Gasteiger partial charge in [-0.15, -0.1) is 0 Å². The minimum absolute atomic E-state index is 0.163.